The van der Waals surface area contributed by atoms with E-state index in [0.717, 1.165) is 11.1 Å². The lowest BCUT2D eigenvalue weighted by Crippen LogP contribution is -2.31. The molecule has 0 atom stereocenters. The zero-order valence-electron chi connectivity index (χ0n) is 16.4. The van der Waals surface area contributed by atoms with Crippen molar-refractivity contribution in [1.82, 2.24) is 9.88 Å². The van der Waals surface area contributed by atoms with Gasteiger partial charge in [0.15, 0.2) is 0 Å². The first-order valence-electron chi connectivity index (χ1n) is 9.35. The fourth-order valence-electron chi connectivity index (χ4n) is 3.49. The predicted molar refractivity (Wildman–Crippen MR) is 114 cm³/mol. The molecule has 0 aliphatic heterocycles. The van der Waals surface area contributed by atoms with Gasteiger partial charge in [0.1, 0.15) is 5.84 Å². The van der Waals surface area contributed by atoms with Crippen LogP contribution in [0.25, 0.3) is 21.9 Å². The molecule has 1 aromatic heterocycles. The minimum atomic E-state index is -1.16. The number of hydrogen-bond acceptors (Lipinski definition) is 3. The molecule has 7 heteroatoms. The summed E-state index contributed by atoms with van der Waals surface area (Å²) in [5, 5.41) is 20.5. The molecule has 5 N–H and O–H groups in total. The second kappa shape index (κ2) is 8.18. The van der Waals surface area contributed by atoms with E-state index in [9.17, 15) is 9.59 Å². The highest BCUT2D eigenvalue weighted by atomic mass is 16.4. The van der Waals surface area contributed by atoms with Crippen LogP contribution < -0.4 is 16.6 Å². The minimum absolute atomic E-state index is 0.0121. The fourth-order valence-corrected chi connectivity index (χ4v) is 3.49. The van der Waals surface area contributed by atoms with Gasteiger partial charge in [-0.3, -0.25) is 10.2 Å². The van der Waals surface area contributed by atoms with Crippen LogP contribution in [0, 0.1) is 11.3 Å². The van der Waals surface area contributed by atoms with Crippen LogP contribution in [-0.2, 0) is 13.1 Å². The Kier molecular flexibility index (Phi) is 5.68. The van der Waals surface area contributed by atoms with E-state index in [0.29, 0.717) is 28.6 Å². The summed E-state index contributed by atoms with van der Waals surface area (Å²) in [7, 11) is 0. The molecule has 3 rings (SSSR count). The molecule has 0 aliphatic rings. The molecule has 0 fully saturated rings. The number of aromatic nitrogens is 1. The zero-order valence-corrected chi connectivity index (χ0v) is 16.4. The number of amidine groups is 1. The van der Waals surface area contributed by atoms with Gasteiger partial charge in [0, 0.05) is 28.8 Å². The molecule has 0 bridgehead atoms. The first-order valence-corrected chi connectivity index (χ1v) is 9.35. The number of fused-ring (bicyclic) bond motifs is 1. The Hall–Kier alpha value is -3.61. The third-order valence-corrected chi connectivity index (χ3v) is 4.71. The Morgan fingerprint density at radius 2 is 1.86 bits per heavy atom. The Balaban J connectivity index is 2.46. The van der Waals surface area contributed by atoms with Gasteiger partial charge in [0.25, 0.3) is 5.56 Å². The van der Waals surface area contributed by atoms with Gasteiger partial charge in [0.2, 0.25) is 0 Å². The van der Waals surface area contributed by atoms with Gasteiger partial charge in [-0.25, -0.2) is 4.79 Å². The molecule has 3 aromatic rings. The van der Waals surface area contributed by atoms with Crippen LogP contribution in [0.4, 0.5) is 4.79 Å². The number of hydrogen-bond donors (Lipinski definition) is 4. The Morgan fingerprint density at radius 3 is 2.45 bits per heavy atom. The van der Waals surface area contributed by atoms with E-state index in [4.69, 9.17) is 16.2 Å². The third kappa shape index (κ3) is 4.13. The number of rotatable bonds is 6. The summed E-state index contributed by atoms with van der Waals surface area (Å²) in [5.74, 6) is 0.0938. The summed E-state index contributed by atoms with van der Waals surface area (Å²) in [5.41, 5.74) is 8.20. The topological polar surface area (TPSA) is 121 Å². The molecule has 150 valence electrons. The van der Waals surface area contributed by atoms with E-state index >= 15 is 0 Å². The lowest BCUT2D eigenvalue weighted by Gasteiger charge is -2.21. The van der Waals surface area contributed by atoms with E-state index < -0.39 is 6.09 Å². The number of benzene rings is 2. The number of nitrogens with two attached hydrogens (primary N) is 1. The van der Waals surface area contributed by atoms with Crippen molar-refractivity contribution in [3.05, 3.63) is 70.1 Å². The fraction of sp³-hybridized carbons (Fsp3) is 0.227. The van der Waals surface area contributed by atoms with Crippen molar-refractivity contribution in [2.75, 3.05) is 0 Å². The summed E-state index contributed by atoms with van der Waals surface area (Å²) < 4.78 is 1.65. The van der Waals surface area contributed by atoms with Gasteiger partial charge < -0.3 is 20.7 Å². The minimum Gasteiger partial charge on any atom is -0.465 e. The number of nitrogens with zero attached hydrogens (tertiary/aromatic N) is 1. The van der Waals surface area contributed by atoms with E-state index in [1.54, 1.807) is 22.8 Å². The molecule has 1 heterocycles. The SMILES string of the molecule is CC(C)Cn1c(CNC(=O)O)c(-c2ccccc2)c2cc(C(=N)N)ccc2c1=O. The Bertz CT molecular complexity index is 1130. The lowest BCUT2D eigenvalue weighted by atomic mass is 9.94. The van der Waals surface area contributed by atoms with Crippen molar-refractivity contribution >= 4 is 22.7 Å². The Morgan fingerprint density at radius 1 is 1.17 bits per heavy atom. The van der Waals surface area contributed by atoms with Crippen molar-refractivity contribution < 1.29 is 9.90 Å². The maximum absolute atomic E-state index is 13.3. The van der Waals surface area contributed by atoms with Crippen LogP contribution in [0.15, 0.2) is 53.3 Å². The standard InChI is InChI=1S/C22H24N4O3/c1-13(2)12-26-18(11-25-22(28)29)19(14-6-4-3-5-7-14)17-10-15(20(23)24)8-9-16(17)21(26)27/h3-10,13,25H,11-12H2,1-2H3,(H3,23,24)(H,28,29). The van der Waals surface area contributed by atoms with Gasteiger partial charge in [-0.05, 0) is 29.0 Å². The van der Waals surface area contributed by atoms with Crippen molar-refractivity contribution in [3.63, 3.8) is 0 Å². The second-order valence-corrected chi connectivity index (χ2v) is 7.33. The van der Waals surface area contributed by atoms with Crippen molar-refractivity contribution in [1.29, 1.82) is 5.41 Å². The van der Waals surface area contributed by atoms with Crippen LogP contribution in [0.3, 0.4) is 0 Å². The summed E-state index contributed by atoms with van der Waals surface area (Å²) in [6.07, 6.45) is -1.16. The molecule has 2 aromatic carbocycles. The molecular weight excluding hydrogens is 368 g/mol. The number of carbonyl (C=O) groups is 1. The largest absolute Gasteiger partial charge is 0.465 e. The molecule has 7 nitrogen and oxygen atoms in total. The number of pyridine rings is 1. The normalized spacial score (nSPS) is 11.0. The molecule has 0 saturated heterocycles. The van der Waals surface area contributed by atoms with Gasteiger partial charge >= 0.3 is 6.09 Å². The maximum Gasteiger partial charge on any atom is 0.404 e. The molecule has 0 spiro atoms. The molecule has 1 amide bonds. The van der Waals surface area contributed by atoms with Gasteiger partial charge in [-0.15, -0.1) is 0 Å². The van der Waals surface area contributed by atoms with Gasteiger partial charge in [-0.1, -0.05) is 50.2 Å². The first-order chi connectivity index (χ1) is 13.8. The molecule has 0 unspecified atom stereocenters. The highest BCUT2D eigenvalue weighted by Gasteiger charge is 2.20. The molecular formula is C22H24N4O3. The van der Waals surface area contributed by atoms with Crippen LogP contribution in [-0.4, -0.2) is 21.6 Å². The van der Waals surface area contributed by atoms with Gasteiger partial charge in [0.05, 0.1) is 6.54 Å². The van der Waals surface area contributed by atoms with E-state index in [1.165, 1.54) is 0 Å². The van der Waals surface area contributed by atoms with E-state index in [-0.39, 0.29) is 23.9 Å². The average Bonchev–Trinajstić information content (AvgIpc) is 2.68. The van der Waals surface area contributed by atoms with E-state index in [2.05, 4.69) is 5.32 Å². The van der Waals surface area contributed by atoms with Crippen molar-refractivity contribution in [2.45, 2.75) is 26.9 Å². The van der Waals surface area contributed by atoms with Crippen LogP contribution in [0.1, 0.15) is 25.1 Å². The maximum atomic E-state index is 13.3. The summed E-state index contributed by atoms with van der Waals surface area (Å²) in [4.78, 5) is 24.5. The van der Waals surface area contributed by atoms with Crippen LogP contribution >= 0.6 is 0 Å². The third-order valence-electron chi connectivity index (χ3n) is 4.71. The lowest BCUT2D eigenvalue weighted by molar-refractivity contribution is 0.193. The molecule has 29 heavy (non-hydrogen) atoms. The highest BCUT2D eigenvalue weighted by Crippen LogP contribution is 2.31. The predicted octanol–water partition coefficient (Wildman–Crippen LogP) is 3.38. The molecule has 0 radical (unpaired) electrons. The Labute approximate surface area is 168 Å². The van der Waals surface area contributed by atoms with Crippen LogP contribution in [0.2, 0.25) is 0 Å². The zero-order chi connectivity index (χ0) is 21.1. The number of carboxylic acid groups (broad SMARTS) is 1. The number of nitrogens with one attached hydrogen (secondary N) is 2. The monoisotopic (exact) mass is 392 g/mol. The van der Waals surface area contributed by atoms with E-state index in [1.807, 2.05) is 44.2 Å². The second-order valence-electron chi connectivity index (χ2n) is 7.33. The molecule has 0 saturated carbocycles. The highest BCUT2D eigenvalue weighted by molar-refractivity contribution is 6.03. The summed E-state index contributed by atoms with van der Waals surface area (Å²) in [6, 6.07) is 14.6. The average molecular weight is 392 g/mol. The smallest absolute Gasteiger partial charge is 0.404 e. The first kappa shape index (κ1) is 20.1. The quantitative estimate of drug-likeness (QED) is 0.379. The van der Waals surface area contributed by atoms with Crippen molar-refractivity contribution in [2.24, 2.45) is 11.7 Å². The summed E-state index contributed by atoms with van der Waals surface area (Å²) >= 11 is 0. The number of amides is 1. The molecule has 0 aliphatic carbocycles. The number of nitrogen functional groups attached to an aromatic ring is 1. The van der Waals surface area contributed by atoms with Crippen LogP contribution in [0.5, 0.6) is 0 Å². The summed E-state index contributed by atoms with van der Waals surface area (Å²) in [6.45, 7) is 4.46. The van der Waals surface area contributed by atoms with Crippen molar-refractivity contribution in [3.8, 4) is 11.1 Å². The van der Waals surface area contributed by atoms with Gasteiger partial charge in [-0.2, -0.15) is 0 Å².